The molecule has 5 aromatic carbocycles. The molecule has 0 saturated heterocycles. The molecule has 0 aliphatic heterocycles. The SMILES string of the molecule is [B]/C(C#C)=C([B])/C([B])=C1\CC(c2c([B])c([B])c([B])c([B])c2[B])=c2c([B])c([B])c([B])c([B])c2=C1c1ccc2oc3c(-c4c([B])c([B])c([B])c([B])c4[B])cccc3c2c1. The molecule has 1 nitrogen and oxygen atoms in total. The summed E-state index contributed by atoms with van der Waals surface area (Å²) < 4.78 is 6.46. The van der Waals surface area contributed by atoms with Gasteiger partial charge in [0.15, 0.2) is 0 Å². The third-order valence-corrected chi connectivity index (χ3v) is 10.7. The van der Waals surface area contributed by atoms with Crippen LogP contribution in [0, 0.1) is 12.3 Å². The molecule has 1 aliphatic carbocycles. The Kier molecular flexibility index (Phi) is 10.7. The van der Waals surface area contributed by atoms with Crippen LogP contribution in [0.5, 0.6) is 0 Å². The second-order valence-electron chi connectivity index (χ2n) is 13.7. The van der Waals surface area contributed by atoms with Crippen molar-refractivity contribution in [1.82, 2.24) is 0 Å². The summed E-state index contributed by atoms with van der Waals surface area (Å²) in [6.07, 6.45) is 5.61. The van der Waals surface area contributed by atoms with Gasteiger partial charge in [0.1, 0.15) is 145 Å². The van der Waals surface area contributed by atoms with E-state index in [0.29, 0.717) is 65.8 Å². The van der Waals surface area contributed by atoms with Crippen LogP contribution in [0.25, 0.3) is 44.2 Å². The van der Waals surface area contributed by atoms with E-state index in [-0.39, 0.29) is 105 Å². The maximum Gasteiger partial charge on any atom is 0.143 e. The minimum absolute atomic E-state index is 0.00329. The fourth-order valence-corrected chi connectivity index (χ4v) is 7.52. The second-order valence-corrected chi connectivity index (χ2v) is 13.7. The van der Waals surface area contributed by atoms with Gasteiger partial charge in [0.2, 0.25) is 0 Å². The number of para-hydroxylation sites is 1. The highest BCUT2D eigenvalue weighted by Gasteiger charge is 2.27. The zero-order chi connectivity index (χ0) is 41.7. The summed E-state index contributed by atoms with van der Waals surface area (Å²) >= 11 is 0. The smallest absolute Gasteiger partial charge is 0.143 e. The minimum atomic E-state index is -0.123. The van der Waals surface area contributed by atoms with Crippen molar-refractivity contribution >= 4 is 243 Å². The molecular formula is C39H9B17O. The highest BCUT2D eigenvalue weighted by Crippen LogP contribution is 2.38. The summed E-state index contributed by atoms with van der Waals surface area (Å²) in [5.41, 5.74) is 4.37. The van der Waals surface area contributed by atoms with Crippen molar-refractivity contribution in [1.29, 1.82) is 0 Å². The second kappa shape index (κ2) is 14.9. The predicted molar refractivity (Wildman–Crippen MR) is 257 cm³/mol. The van der Waals surface area contributed by atoms with Crippen molar-refractivity contribution in [3.63, 3.8) is 0 Å². The van der Waals surface area contributed by atoms with Crippen molar-refractivity contribution < 1.29 is 4.42 Å². The lowest BCUT2D eigenvalue weighted by atomic mass is 9.57. The van der Waals surface area contributed by atoms with E-state index in [1.165, 1.54) is 0 Å². The van der Waals surface area contributed by atoms with Gasteiger partial charge in [-0.1, -0.05) is 73.9 Å². The number of fused-ring (bicyclic) bond motifs is 4. The van der Waals surface area contributed by atoms with E-state index in [9.17, 15) is 0 Å². The summed E-state index contributed by atoms with van der Waals surface area (Å²) in [5.74, 6) is 2.34. The summed E-state index contributed by atoms with van der Waals surface area (Å²) in [7, 11) is 110. The molecule has 34 radical (unpaired) electrons. The van der Waals surface area contributed by atoms with Crippen LogP contribution in [0.1, 0.15) is 17.5 Å². The molecule has 1 aliphatic rings. The van der Waals surface area contributed by atoms with Crippen molar-refractivity contribution in [2.45, 2.75) is 6.42 Å². The Bertz CT molecular complexity index is 3020. The van der Waals surface area contributed by atoms with Crippen LogP contribution >= 0.6 is 0 Å². The van der Waals surface area contributed by atoms with Crippen LogP contribution in [0.4, 0.5) is 0 Å². The number of furan rings is 1. The molecular weight excluding hydrogens is 668 g/mol. The van der Waals surface area contributed by atoms with Crippen molar-refractivity contribution in [2.24, 2.45) is 0 Å². The molecule has 0 unspecified atom stereocenters. The molecule has 57 heavy (non-hydrogen) atoms. The normalized spacial score (nSPS) is 14.1. The van der Waals surface area contributed by atoms with Crippen LogP contribution in [-0.4, -0.2) is 133 Å². The Labute approximate surface area is 355 Å². The van der Waals surface area contributed by atoms with E-state index in [0.717, 1.165) is 0 Å². The molecule has 0 atom stereocenters. The quantitative estimate of drug-likeness (QED) is 0.134. The molecule has 0 saturated carbocycles. The largest absolute Gasteiger partial charge is 0.455 e. The first kappa shape index (κ1) is 41.0. The lowest BCUT2D eigenvalue weighted by molar-refractivity contribution is 0.670. The molecule has 0 spiro atoms. The van der Waals surface area contributed by atoms with Gasteiger partial charge >= 0.3 is 0 Å². The number of hydrogen-bond donors (Lipinski definition) is 0. The first-order chi connectivity index (χ1) is 26.8. The Morgan fingerprint density at radius 2 is 1.04 bits per heavy atom. The lowest BCUT2D eigenvalue weighted by Crippen LogP contribution is -2.66. The van der Waals surface area contributed by atoms with Gasteiger partial charge in [0.25, 0.3) is 0 Å². The lowest BCUT2D eigenvalue weighted by Gasteiger charge is -2.31. The fraction of sp³-hybridized carbons (Fsp3) is 0.0256. The highest BCUT2D eigenvalue weighted by molar-refractivity contribution is 6.70. The van der Waals surface area contributed by atoms with Gasteiger partial charge < -0.3 is 4.42 Å². The highest BCUT2D eigenvalue weighted by atomic mass is 16.3. The predicted octanol–water partition coefficient (Wildman–Crippen LogP) is -10.2. The van der Waals surface area contributed by atoms with E-state index in [4.69, 9.17) is 144 Å². The standard InChI is InChI=1S/C39H9B17O/c1-2-16(40)24(42)23(41)15-9-14(21-28(46)34(52)38(56)35(53)29(21)47)19-22(30(48)36(54)31(49)25(19)43)18(15)10-6-7-17-13(8-10)11-4-3-5-12(39(11)57-17)20-26(44)32(50)37(55)33(51)27(20)45/h1,3-8H,9H2/b23-15-,24-16-. The summed E-state index contributed by atoms with van der Waals surface area (Å²) in [6.45, 7) is 0. The fourth-order valence-electron chi connectivity index (χ4n) is 7.52. The zero-order valence-corrected chi connectivity index (χ0v) is 30.5. The first-order valence-electron chi connectivity index (χ1n) is 17.0. The zero-order valence-electron chi connectivity index (χ0n) is 30.5. The Morgan fingerprint density at radius 3 is 1.58 bits per heavy atom. The maximum atomic E-state index is 6.90. The van der Waals surface area contributed by atoms with Gasteiger partial charge in [0, 0.05) is 16.3 Å². The van der Waals surface area contributed by atoms with Gasteiger partial charge in [0.05, 0.1) is 0 Å². The number of allylic oxidation sites excluding steroid dienone is 4. The summed E-state index contributed by atoms with van der Waals surface area (Å²) in [5, 5.41) is 1.99. The summed E-state index contributed by atoms with van der Waals surface area (Å²) in [4.78, 5) is 0. The molecule has 7 rings (SSSR count). The third kappa shape index (κ3) is 6.12. The van der Waals surface area contributed by atoms with Crippen LogP contribution < -0.4 is 86.9 Å². The van der Waals surface area contributed by atoms with Gasteiger partial charge in [-0.25, -0.2) is 0 Å². The van der Waals surface area contributed by atoms with Crippen molar-refractivity contribution in [3.8, 4) is 23.5 Å². The van der Waals surface area contributed by atoms with Crippen molar-refractivity contribution in [2.75, 3.05) is 0 Å². The van der Waals surface area contributed by atoms with Crippen LogP contribution in [-0.2, 0) is 0 Å². The topological polar surface area (TPSA) is 13.1 Å². The van der Waals surface area contributed by atoms with E-state index < -0.39 is 0 Å². The maximum absolute atomic E-state index is 6.90. The summed E-state index contributed by atoms with van der Waals surface area (Å²) in [6, 6.07) is 10.9. The monoisotopic (exact) mass is 680 g/mol. The van der Waals surface area contributed by atoms with E-state index in [1.807, 2.05) is 18.2 Å². The van der Waals surface area contributed by atoms with Gasteiger partial charge in [-0.3, -0.25) is 0 Å². The third-order valence-electron chi connectivity index (χ3n) is 10.7. The van der Waals surface area contributed by atoms with E-state index in [2.05, 4.69) is 5.92 Å². The van der Waals surface area contributed by atoms with Crippen LogP contribution in [0.2, 0.25) is 0 Å². The number of rotatable bonds is 4. The number of terminal acetylenes is 1. The van der Waals surface area contributed by atoms with Gasteiger partial charge in [-0.15, -0.1) is 55.6 Å². The average molecular weight is 677 g/mol. The van der Waals surface area contributed by atoms with Gasteiger partial charge in [-0.05, 0) is 62.4 Å². The van der Waals surface area contributed by atoms with Crippen molar-refractivity contribution in [3.05, 3.63) is 80.0 Å². The molecule has 1 aromatic heterocycles. The number of hydrogen-bond acceptors (Lipinski definition) is 1. The molecule has 0 bridgehead atoms. The first-order valence-corrected chi connectivity index (χ1v) is 17.0. The molecule has 18 heteroatoms. The molecule has 0 fully saturated rings. The Hall–Kier alpha value is -4.22. The van der Waals surface area contributed by atoms with Crippen LogP contribution in [0.3, 0.4) is 0 Å². The molecule has 0 amide bonds. The molecule has 6 aromatic rings. The number of benzene rings is 5. The molecule has 1 heterocycles. The molecule has 0 N–H and O–H groups in total. The van der Waals surface area contributed by atoms with Crippen LogP contribution in [0.15, 0.2) is 62.8 Å². The minimum Gasteiger partial charge on any atom is -0.455 e. The molecule has 222 valence electrons. The van der Waals surface area contributed by atoms with Gasteiger partial charge in [-0.2, -0.15) is 0 Å². The van der Waals surface area contributed by atoms with E-state index in [1.54, 1.807) is 18.2 Å². The van der Waals surface area contributed by atoms with E-state index >= 15 is 0 Å². The Balaban J connectivity index is 1.68. The average Bonchev–Trinajstić information content (AvgIpc) is 3.59. The Morgan fingerprint density at radius 1 is 0.544 bits per heavy atom.